The molecule has 0 aliphatic carbocycles. The molecule has 1 aromatic heterocycles. The van der Waals surface area contributed by atoms with Crippen molar-refractivity contribution in [2.75, 3.05) is 38.6 Å². The molecule has 1 aliphatic heterocycles. The van der Waals surface area contributed by atoms with Crippen molar-refractivity contribution in [3.05, 3.63) is 66.0 Å². The third-order valence-corrected chi connectivity index (χ3v) is 4.43. The molecule has 0 amide bonds. The molecule has 1 aromatic carbocycles. The van der Waals surface area contributed by atoms with E-state index >= 15 is 0 Å². The summed E-state index contributed by atoms with van der Waals surface area (Å²) in [4.78, 5) is 9.57. The Morgan fingerprint density at radius 2 is 1.68 bits per heavy atom. The Balaban J connectivity index is 1.81. The van der Waals surface area contributed by atoms with Crippen LogP contribution in [0.25, 0.3) is 0 Å². The largest absolute Gasteiger partial charge is 0.300 e. The Kier molecular flexibility index (Phi) is 5.43. The molecule has 1 atom stereocenters. The maximum Gasteiger partial charge on any atom is 0.0777 e. The van der Waals surface area contributed by atoms with Crippen molar-refractivity contribution in [1.82, 2.24) is 14.8 Å². The van der Waals surface area contributed by atoms with Crippen LogP contribution in [0.5, 0.6) is 0 Å². The number of hydrogen-bond acceptors (Lipinski definition) is 3. The van der Waals surface area contributed by atoms with Crippen LogP contribution in [0.2, 0.25) is 0 Å². The normalized spacial score (nSPS) is 18.2. The van der Waals surface area contributed by atoms with Crippen molar-refractivity contribution in [1.29, 1.82) is 0 Å². The Bertz CT molecular complexity index is 514. The van der Waals surface area contributed by atoms with E-state index in [-0.39, 0.29) is 6.04 Å². The maximum atomic E-state index is 5.86. The molecule has 1 aliphatic rings. The van der Waals surface area contributed by atoms with Gasteiger partial charge in [-0.05, 0) is 17.7 Å². The third-order valence-electron chi connectivity index (χ3n) is 4.26. The van der Waals surface area contributed by atoms with Crippen LogP contribution < -0.4 is 0 Å². The van der Waals surface area contributed by atoms with Crippen molar-refractivity contribution >= 4 is 11.6 Å². The van der Waals surface area contributed by atoms with Crippen molar-refractivity contribution in [3.8, 4) is 0 Å². The van der Waals surface area contributed by atoms with Crippen molar-refractivity contribution in [3.63, 3.8) is 0 Å². The summed E-state index contributed by atoms with van der Waals surface area (Å²) in [6, 6.07) is 17.1. The van der Waals surface area contributed by atoms with Gasteiger partial charge in [0.1, 0.15) is 0 Å². The van der Waals surface area contributed by atoms with E-state index in [9.17, 15) is 0 Å². The minimum absolute atomic E-state index is 0.237. The molecular weight excluding hydrogens is 294 g/mol. The van der Waals surface area contributed by atoms with E-state index in [4.69, 9.17) is 11.6 Å². The Morgan fingerprint density at radius 1 is 0.955 bits per heavy atom. The van der Waals surface area contributed by atoms with Crippen LogP contribution in [-0.2, 0) is 0 Å². The van der Waals surface area contributed by atoms with Gasteiger partial charge in [0.25, 0.3) is 0 Å². The first-order valence-corrected chi connectivity index (χ1v) is 8.40. The zero-order valence-corrected chi connectivity index (χ0v) is 13.5. The number of benzene rings is 1. The Labute approximate surface area is 137 Å². The van der Waals surface area contributed by atoms with Gasteiger partial charge in [0, 0.05) is 44.8 Å². The van der Waals surface area contributed by atoms with Gasteiger partial charge in [0.15, 0.2) is 0 Å². The van der Waals surface area contributed by atoms with E-state index < -0.39 is 0 Å². The van der Waals surface area contributed by atoms with Gasteiger partial charge in [-0.3, -0.25) is 14.8 Å². The standard InChI is InChI=1S/C18H22ClN3/c19-9-11-21-12-14-22(15-13-21)18(16-6-2-1-3-7-16)17-8-4-5-10-20-17/h1-8,10,18H,9,11-15H2. The number of hydrogen-bond donors (Lipinski definition) is 0. The van der Waals surface area contributed by atoms with E-state index in [1.54, 1.807) is 0 Å². The second-order valence-electron chi connectivity index (χ2n) is 5.63. The lowest BCUT2D eigenvalue weighted by atomic mass is 10.0. The summed E-state index contributed by atoms with van der Waals surface area (Å²) in [6.45, 7) is 5.22. The van der Waals surface area contributed by atoms with E-state index in [2.05, 4.69) is 57.2 Å². The highest BCUT2D eigenvalue weighted by Crippen LogP contribution is 2.28. The lowest BCUT2D eigenvalue weighted by Crippen LogP contribution is -2.48. The fraction of sp³-hybridized carbons (Fsp3) is 0.389. The van der Waals surface area contributed by atoms with Gasteiger partial charge >= 0.3 is 0 Å². The maximum absolute atomic E-state index is 5.86. The molecule has 2 aromatic rings. The van der Waals surface area contributed by atoms with Gasteiger partial charge in [-0.2, -0.15) is 0 Å². The highest BCUT2D eigenvalue weighted by Gasteiger charge is 2.26. The Morgan fingerprint density at radius 3 is 2.32 bits per heavy atom. The summed E-state index contributed by atoms with van der Waals surface area (Å²) in [5.74, 6) is 0.711. The molecule has 116 valence electrons. The predicted octanol–water partition coefficient (Wildman–Crippen LogP) is 3.03. The molecule has 4 heteroatoms. The SMILES string of the molecule is ClCCN1CCN(C(c2ccccc2)c2ccccn2)CC1. The second-order valence-corrected chi connectivity index (χ2v) is 6.01. The first-order chi connectivity index (χ1) is 10.9. The summed E-state index contributed by atoms with van der Waals surface area (Å²) in [6.07, 6.45) is 1.88. The molecule has 3 nitrogen and oxygen atoms in total. The molecule has 0 spiro atoms. The van der Waals surface area contributed by atoms with E-state index in [1.807, 2.05) is 12.3 Å². The number of piperazine rings is 1. The van der Waals surface area contributed by atoms with Crippen LogP contribution in [-0.4, -0.2) is 53.4 Å². The van der Waals surface area contributed by atoms with Gasteiger partial charge in [-0.1, -0.05) is 36.4 Å². The number of alkyl halides is 1. The number of rotatable bonds is 5. The van der Waals surface area contributed by atoms with E-state index in [0.717, 1.165) is 38.4 Å². The fourth-order valence-corrected chi connectivity index (χ4v) is 3.35. The molecule has 0 radical (unpaired) electrons. The lowest BCUT2D eigenvalue weighted by molar-refractivity contribution is 0.112. The molecule has 3 rings (SSSR count). The summed E-state index contributed by atoms with van der Waals surface area (Å²) < 4.78 is 0. The Hall–Kier alpha value is -1.42. The molecule has 0 N–H and O–H groups in total. The molecular formula is C18H22ClN3. The summed E-state index contributed by atoms with van der Waals surface area (Å²) in [5, 5.41) is 0. The molecule has 0 saturated carbocycles. The molecule has 1 unspecified atom stereocenters. The number of aromatic nitrogens is 1. The van der Waals surface area contributed by atoms with Crippen LogP contribution in [0.3, 0.4) is 0 Å². The monoisotopic (exact) mass is 315 g/mol. The first kappa shape index (κ1) is 15.5. The highest BCUT2D eigenvalue weighted by atomic mass is 35.5. The zero-order chi connectivity index (χ0) is 15.2. The predicted molar refractivity (Wildman–Crippen MR) is 91.3 cm³/mol. The van der Waals surface area contributed by atoms with Gasteiger partial charge in [-0.25, -0.2) is 0 Å². The third kappa shape index (κ3) is 3.67. The van der Waals surface area contributed by atoms with Crippen molar-refractivity contribution in [2.45, 2.75) is 6.04 Å². The molecule has 1 saturated heterocycles. The quantitative estimate of drug-likeness (QED) is 0.791. The summed E-state index contributed by atoms with van der Waals surface area (Å²) in [5.41, 5.74) is 2.44. The molecule has 2 heterocycles. The molecule has 22 heavy (non-hydrogen) atoms. The second kappa shape index (κ2) is 7.73. The van der Waals surface area contributed by atoms with Crippen LogP contribution in [0.4, 0.5) is 0 Å². The highest BCUT2D eigenvalue weighted by molar-refractivity contribution is 6.18. The summed E-state index contributed by atoms with van der Waals surface area (Å²) in [7, 11) is 0. The molecule has 0 bridgehead atoms. The number of halogens is 1. The minimum Gasteiger partial charge on any atom is -0.300 e. The number of nitrogens with zero attached hydrogens (tertiary/aromatic N) is 3. The average molecular weight is 316 g/mol. The topological polar surface area (TPSA) is 19.4 Å². The summed E-state index contributed by atoms with van der Waals surface area (Å²) >= 11 is 5.86. The van der Waals surface area contributed by atoms with Crippen LogP contribution >= 0.6 is 11.6 Å². The first-order valence-electron chi connectivity index (χ1n) is 7.87. The van der Waals surface area contributed by atoms with Gasteiger partial charge < -0.3 is 0 Å². The average Bonchev–Trinajstić information content (AvgIpc) is 2.59. The molecule has 1 fully saturated rings. The van der Waals surface area contributed by atoms with E-state index in [0.29, 0.717) is 5.88 Å². The zero-order valence-electron chi connectivity index (χ0n) is 12.7. The number of pyridine rings is 1. The van der Waals surface area contributed by atoms with Gasteiger partial charge in [-0.15, -0.1) is 11.6 Å². The van der Waals surface area contributed by atoms with Gasteiger partial charge in [0.2, 0.25) is 0 Å². The lowest BCUT2D eigenvalue weighted by Gasteiger charge is -2.39. The van der Waals surface area contributed by atoms with Crippen LogP contribution in [0.1, 0.15) is 17.3 Å². The van der Waals surface area contributed by atoms with Crippen LogP contribution in [0.15, 0.2) is 54.7 Å². The van der Waals surface area contributed by atoms with Crippen molar-refractivity contribution < 1.29 is 0 Å². The smallest absolute Gasteiger partial charge is 0.0777 e. The fourth-order valence-electron chi connectivity index (χ4n) is 3.11. The van der Waals surface area contributed by atoms with Crippen LogP contribution in [0, 0.1) is 0 Å². The van der Waals surface area contributed by atoms with Crippen molar-refractivity contribution in [2.24, 2.45) is 0 Å². The van der Waals surface area contributed by atoms with Gasteiger partial charge in [0.05, 0.1) is 11.7 Å². The minimum atomic E-state index is 0.237. The van der Waals surface area contributed by atoms with E-state index in [1.165, 1.54) is 5.56 Å².